The predicted octanol–water partition coefficient (Wildman–Crippen LogP) is 4.23. The van der Waals surface area contributed by atoms with Gasteiger partial charge in [-0.1, -0.05) is 11.6 Å². The van der Waals surface area contributed by atoms with Crippen LogP contribution < -0.4 is 10.5 Å². The van der Waals surface area contributed by atoms with Crippen LogP contribution >= 0.6 is 22.9 Å². The molecule has 8 nitrogen and oxygen atoms in total. The lowest BCUT2D eigenvalue weighted by Crippen LogP contribution is -2.14. The molecule has 3 N–H and O–H groups in total. The number of hydrogen-bond donors (Lipinski definition) is 2. The number of ketones is 1. The summed E-state index contributed by atoms with van der Waals surface area (Å²) >= 11 is 6.94. The van der Waals surface area contributed by atoms with Crippen molar-refractivity contribution in [2.24, 2.45) is 0 Å². The molecule has 1 aliphatic carbocycles. The van der Waals surface area contributed by atoms with Crippen molar-refractivity contribution in [1.82, 2.24) is 15.2 Å². The summed E-state index contributed by atoms with van der Waals surface area (Å²) in [5.41, 5.74) is 9.36. The molecule has 0 saturated heterocycles. The highest BCUT2D eigenvalue weighted by Crippen LogP contribution is 2.36. The number of nitrogens with two attached hydrogens (primary N) is 1. The highest BCUT2D eigenvalue weighted by molar-refractivity contribution is 7.92. The van der Waals surface area contributed by atoms with Gasteiger partial charge in [-0.05, 0) is 73.7 Å². The van der Waals surface area contributed by atoms with E-state index in [4.69, 9.17) is 22.3 Å². The number of nitrogen functional groups attached to an aromatic ring is 1. The van der Waals surface area contributed by atoms with Gasteiger partial charge in [-0.15, -0.1) is 21.5 Å². The van der Waals surface area contributed by atoms with Crippen LogP contribution in [-0.4, -0.2) is 29.4 Å². The van der Waals surface area contributed by atoms with E-state index in [9.17, 15) is 13.2 Å². The Hall–Kier alpha value is -3.08. The van der Waals surface area contributed by atoms with Gasteiger partial charge in [0.25, 0.3) is 10.0 Å². The van der Waals surface area contributed by atoms with Crippen molar-refractivity contribution >= 4 is 60.5 Å². The summed E-state index contributed by atoms with van der Waals surface area (Å²) in [6.45, 7) is 0. The fraction of sp³-hybridized carbons (Fsp3) is 0.182. The Labute approximate surface area is 198 Å². The van der Waals surface area contributed by atoms with Gasteiger partial charge in [0.05, 0.1) is 10.6 Å². The van der Waals surface area contributed by atoms with Crippen LogP contribution in [0.4, 0.5) is 11.5 Å². The third-order valence-electron chi connectivity index (χ3n) is 5.50. The van der Waals surface area contributed by atoms with Crippen LogP contribution in [0.1, 0.15) is 39.3 Å². The van der Waals surface area contributed by atoms with Crippen LogP contribution in [0.15, 0.2) is 47.4 Å². The van der Waals surface area contributed by atoms with Gasteiger partial charge < -0.3 is 5.73 Å². The minimum Gasteiger partial charge on any atom is -0.397 e. The van der Waals surface area contributed by atoms with E-state index >= 15 is 0 Å². The van der Waals surface area contributed by atoms with E-state index in [-0.39, 0.29) is 21.6 Å². The monoisotopic (exact) mass is 499 g/mol. The topological polar surface area (TPSA) is 128 Å². The van der Waals surface area contributed by atoms with Crippen LogP contribution in [0.3, 0.4) is 0 Å². The van der Waals surface area contributed by atoms with Crippen molar-refractivity contribution < 1.29 is 13.2 Å². The lowest BCUT2D eigenvalue weighted by molar-refractivity contribution is 0.104. The average Bonchev–Trinajstić information content (AvgIpc) is 3.14. The molecule has 0 amide bonds. The average molecular weight is 500 g/mol. The Morgan fingerprint density at radius 2 is 1.82 bits per heavy atom. The minimum atomic E-state index is -3.91. The van der Waals surface area contributed by atoms with Crippen molar-refractivity contribution in [2.75, 3.05) is 10.5 Å². The van der Waals surface area contributed by atoms with Gasteiger partial charge in [0, 0.05) is 16.6 Å². The molecule has 0 aliphatic heterocycles. The molecule has 4 aromatic rings. The number of nitrogens with zero attached hydrogens (tertiary/aromatic N) is 3. The predicted molar refractivity (Wildman–Crippen MR) is 128 cm³/mol. The number of anilines is 2. The number of halogens is 1. The Balaban J connectivity index is 1.42. The molecule has 0 radical (unpaired) electrons. The Morgan fingerprint density at radius 3 is 2.55 bits per heavy atom. The number of pyridine rings is 1. The lowest BCUT2D eigenvalue weighted by Gasteiger charge is -2.14. The molecule has 168 valence electrons. The van der Waals surface area contributed by atoms with Crippen molar-refractivity contribution in [3.8, 4) is 0 Å². The van der Waals surface area contributed by atoms with E-state index in [0.717, 1.165) is 41.6 Å². The number of carbonyl (C=O) groups excluding carboxylic acids is 1. The first-order valence-corrected chi connectivity index (χ1v) is 12.9. The molecule has 5 rings (SSSR count). The zero-order chi connectivity index (χ0) is 23.2. The second-order valence-electron chi connectivity index (χ2n) is 7.70. The molecule has 0 fully saturated rings. The van der Waals surface area contributed by atoms with E-state index in [1.54, 1.807) is 0 Å². The van der Waals surface area contributed by atoms with Gasteiger partial charge in [-0.25, -0.2) is 13.4 Å². The molecule has 3 aromatic heterocycles. The molecule has 11 heteroatoms. The summed E-state index contributed by atoms with van der Waals surface area (Å²) in [5.74, 6) is -0.234. The minimum absolute atomic E-state index is 0.0190. The van der Waals surface area contributed by atoms with Crippen molar-refractivity contribution in [3.63, 3.8) is 0 Å². The fourth-order valence-corrected chi connectivity index (χ4v) is 5.97. The van der Waals surface area contributed by atoms with E-state index in [1.165, 1.54) is 53.3 Å². The molecule has 1 aliphatic rings. The summed E-state index contributed by atoms with van der Waals surface area (Å²) in [6, 6.07) is 10.5. The third kappa shape index (κ3) is 4.17. The first kappa shape index (κ1) is 21.7. The van der Waals surface area contributed by atoms with E-state index in [1.807, 2.05) is 0 Å². The number of aryl methyl sites for hydroxylation is 2. The Bertz CT molecular complexity index is 1480. The maximum Gasteiger partial charge on any atom is 0.263 e. The quantitative estimate of drug-likeness (QED) is 0.393. The summed E-state index contributed by atoms with van der Waals surface area (Å²) in [6.07, 6.45) is 4.16. The maximum atomic E-state index is 13.1. The highest BCUT2D eigenvalue weighted by atomic mass is 35.5. The summed E-state index contributed by atoms with van der Waals surface area (Å²) in [4.78, 5) is 19.0. The van der Waals surface area contributed by atoms with Gasteiger partial charge in [0.2, 0.25) is 5.78 Å². The number of carbonyl (C=O) groups is 1. The molecule has 0 bridgehead atoms. The molecular weight excluding hydrogens is 482 g/mol. The number of thiophene rings is 1. The van der Waals surface area contributed by atoms with E-state index < -0.39 is 10.0 Å². The zero-order valence-corrected chi connectivity index (χ0v) is 19.6. The number of sulfonamides is 1. The van der Waals surface area contributed by atoms with E-state index in [2.05, 4.69) is 21.0 Å². The van der Waals surface area contributed by atoms with Crippen molar-refractivity contribution in [2.45, 2.75) is 30.6 Å². The maximum absolute atomic E-state index is 13.1. The molecule has 0 atom stereocenters. The molecule has 33 heavy (non-hydrogen) atoms. The van der Waals surface area contributed by atoms with Crippen molar-refractivity contribution in [3.05, 3.63) is 69.3 Å². The lowest BCUT2D eigenvalue weighted by atomic mass is 9.95. The smallest absolute Gasteiger partial charge is 0.263 e. The summed E-state index contributed by atoms with van der Waals surface area (Å²) < 4.78 is 27.5. The zero-order valence-electron chi connectivity index (χ0n) is 17.2. The largest absolute Gasteiger partial charge is 0.397 e. The van der Waals surface area contributed by atoms with Crippen LogP contribution in [-0.2, 0) is 22.9 Å². The number of hydrogen-bond acceptors (Lipinski definition) is 8. The van der Waals surface area contributed by atoms with Gasteiger partial charge in [0.15, 0.2) is 11.0 Å². The summed E-state index contributed by atoms with van der Waals surface area (Å²) in [5, 5.41) is 8.25. The molecule has 0 spiro atoms. The summed E-state index contributed by atoms with van der Waals surface area (Å²) in [7, 11) is -3.91. The number of nitrogens with one attached hydrogen (secondary N) is 1. The van der Waals surface area contributed by atoms with Crippen LogP contribution in [0, 0.1) is 0 Å². The third-order valence-corrected chi connectivity index (χ3v) is 8.19. The first-order valence-electron chi connectivity index (χ1n) is 10.2. The Kier molecular flexibility index (Phi) is 5.51. The molecular formula is C22H18ClN5O3S2. The number of aromatic nitrogens is 3. The number of benzene rings is 1. The van der Waals surface area contributed by atoms with Gasteiger partial charge >= 0.3 is 0 Å². The van der Waals surface area contributed by atoms with Crippen molar-refractivity contribution in [1.29, 1.82) is 0 Å². The normalized spacial score (nSPS) is 13.6. The number of fused-ring (bicyclic) bond motifs is 2. The molecule has 0 unspecified atom stereocenters. The van der Waals surface area contributed by atoms with Crippen LogP contribution in [0.25, 0.3) is 10.2 Å². The van der Waals surface area contributed by atoms with Gasteiger partial charge in [-0.2, -0.15) is 0 Å². The fourth-order valence-electron chi connectivity index (χ4n) is 3.81. The number of rotatable bonds is 5. The van der Waals surface area contributed by atoms with Gasteiger partial charge in [0.1, 0.15) is 9.71 Å². The van der Waals surface area contributed by atoms with Crippen LogP contribution in [0.5, 0.6) is 0 Å². The molecule has 0 saturated carbocycles. The molecule has 3 heterocycles. The Morgan fingerprint density at radius 1 is 1.06 bits per heavy atom. The second kappa shape index (κ2) is 8.36. The van der Waals surface area contributed by atoms with Gasteiger partial charge in [-0.3, -0.25) is 9.52 Å². The molecule has 1 aromatic carbocycles. The first-order chi connectivity index (χ1) is 15.8. The standard InChI is InChI=1S/C22H18ClN5O3S2/c23-17-9-10-18(27-26-17)28-33(30,31)14-7-5-12(6-8-14)20(29)21-19(24)15-11-13-3-1-2-4-16(13)25-22(15)32-21/h5-11H,1-4,24H2,(H,27,28). The SMILES string of the molecule is Nc1c(C(=O)c2ccc(S(=O)(=O)Nc3ccc(Cl)nn3)cc2)sc2nc3c(cc12)CCCC3. The highest BCUT2D eigenvalue weighted by Gasteiger charge is 2.22. The van der Waals surface area contributed by atoms with E-state index in [0.29, 0.717) is 16.1 Å². The second-order valence-corrected chi connectivity index (χ2v) is 10.8. The van der Waals surface area contributed by atoms with Crippen LogP contribution in [0.2, 0.25) is 5.15 Å².